The smallest absolute Gasteiger partial charge is 0.0846 e. The Morgan fingerprint density at radius 3 is 2.44 bits per heavy atom. The minimum atomic E-state index is -0.781. The molecule has 96 valence electrons. The molecule has 0 aromatic rings. The van der Waals surface area contributed by atoms with Gasteiger partial charge in [0.05, 0.1) is 17.7 Å². The number of ether oxygens (including phenoxy) is 1. The van der Waals surface area contributed by atoms with Crippen molar-refractivity contribution in [2.75, 3.05) is 13.7 Å². The fraction of sp³-hybridized carbons (Fsp3) is 1.00. The average molecular weight is 229 g/mol. The van der Waals surface area contributed by atoms with Gasteiger partial charge in [0.25, 0.3) is 0 Å². The van der Waals surface area contributed by atoms with Crippen LogP contribution in [0.1, 0.15) is 52.9 Å². The van der Waals surface area contributed by atoms with Crippen molar-refractivity contribution in [1.82, 2.24) is 0 Å². The second-order valence-electron chi connectivity index (χ2n) is 6.40. The molecule has 2 atom stereocenters. The highest BCUT2D eigenvalue weighted by molar-refractivity contribution is 5.02. The summed E-state index contributed by atoms with van der Waals surface area (Å²) in [5, 5.41) is 10.7. The van der Waals surface area contributed by atoms with Crippen molar-refractivity contribution >= 4 is 0 Å². The first-order valence-electron chi connectivity index (χ1n) is 6.23. The van der Waals surface area contributed by atoms with E-state index in [1.54, 1.807) is 7.11 Å². The van der Waals surface area contributed by atoms with Crippen LogP contribution in [0.25, 0.3) is 0 Å². The Bertz CT molecular complexity index is 238. The maximum atomic E-state index is 10.7. The van der Waals surface area contributed by atoms with Crippen molar-refractivity contribution in [1.29, 1.82) is 0 Å². The summed E-state index contributed by atoms with van der Waals surface area (Å²) in [7, 11) is 1.63. The first kappa shape index (κ1) is 13.9. The number of methoxy groups -OCH3 is 1. The van der Waals surface area contributed by atoms with Crippen molar-refractivity contribution in [3.8, 4) is 0 Å². The van der Waals surface area contributed by atoms with Crippen LogP contribution in [0, 0.1) is 5.41 Å². The minimum absolute atomic E-state index is 0.327. The lowest BCUT2D eigenvalue weighted by atomic mass is 9.76. The van der Waals surface area contributed by atoms with Crippen LogP contribution in [0.15, 0.2) is 0 Å². The Kier molecular flexibility index (Phi) is 4.04. The Balaban J connectivity index is 2.77. The molecule has 3 heteroatoms. The van der Waals surface area contributed by atoms with E-state index in [-0.39, 0.29) is 0 Å². The zero-order chi connectivity index (χ0) is 12.4. The predicted molar refractivity (Wildman–Crippen MR) is 66.3 cm³/mol. The highest BCUT2D eigenvalue weighted by Gasteiger charge is 2.45. The standard InChI is InChI=1S/C13H27NO2/c1-11(2)6-5-7-13(15,9-8-11)12(3,14)10-16-4/h15H,5-10,14H2,1-4H3. The van der Waals surface area contributed by atoms with E-state index < -0.39 is 11.1 Å². The topological polar surface area (TPSA) is 55.5 Å². The Morgan fingerprint density at radius 1 is 1.25 bits per heavy atom. The van der Waals surface area contributed by atoms with Crippen LogP contribution in [-0.4, -0.2) is 30.0 Å². The highest BCUT2D eigenvalue weighted by Crippen LogP contribution is 2.41. The molecule has 0 spiro atoms. The summed E-state index contributed by atoms with van der Waals surface area (Å²) in [6.07, 6.45) is 4.79. The summed E-state index contributed by atoms with van der Waals surface area (Å²) >= 11 is 0. The molecule has 0 aromatic heterocycles. The normalized spacial score (nSPS) is 34.1. The van der Waals surface area contributed by atoms with Gasteiger partial charge in [0, 0.05) is 7.11 Å². The maximum absolute atomic E-state index is 10.7. The van der Waals surface area contributed by atoms with Crippen molar-refractivity contribution < 1.29 is 9.84 Å². The van der Waals surface area contributed by atoms with E-state index in [0.29, 0.717) is 12.0 Å². The number of aliphatic hydroxyl groups is 1. The lowest BCUT2D eigenvalue weighted by Gasteiger charge is -2.42. The molecule has 3 N–H and O–H groups in total. The minimum Gasteiger partial charge on any atom is -0.388 e. The van der Waals surface area contributed by atoms with Crippen molar-refractivity contribution in [3.05, 3.63) is 0 Å². The van der Waals surface area contributed by atoms with Crippen LogP contribution in [0.5, 0.6) is 0 Å². The second kappa shape index (κ2) is 4.63. The molecular weight excluding hydrogens is 202 g/mol. The summed E-state index contributed by atoms with van der Waals surface area (Å²) in [6, 6.07) is 0. The summed E-state index contributed by atoms with van der Waals surface area (Å²) in [4.78, 5) is 0. The predicted octanol–water partition coefficient (Wildman–Crippen LogP) is 2.07. The lowest BCUT2D eigenvalue weighted by Crippen LogP contribution is -2.61. The molecule has 0 aromatic carbocycles. The van der Waals surface area contributed by atoms with E-state index in [0.717, 1.165) is 25.7 Å². The van der Waals surface area contributed by atoms with Gasteiger partial charge in [-0.3, -0.25) is 0 Å². The number of nitrogens with two attached hydrogens (primary N) is 1. The molecule has 0 amide bonds. The molecule has 1 aliphatic rings. The summed E-state index contributed by atoms with van der Waals surface area (Å²) in [6.45, 7) is 6.84. The second-order valence-corrected chi connectivity index (χ2v) is 6.40. The summed E-state index contributed by atoms with van der Waals surface area (Å²) < 4.78 is 5.13. The monoisotopic (exact) mass is 229 g/mol. The molecule has 16 heavy (non-hydrogen) atoms. The van der Waals surface area contributed by atoms with E-state index in [1.165, 1.54) is 6.42 Å². The average Bonchev–Trinajstić information content (AvgIpc) is 2.27. The van der Waals surface area contributed by atoms with Gasteiger partial charge in [-0.2, -0.15) is 0 Å². The molecule has 0 heterocycles. The van der Waals surface area contributed by atoms with E-state index >= 15 is 0 Å². The van der Waals surface area contributed by atoms with Crippen molar-refractivity contribution in [2.24, 2.45) is 11.1 Å². The zero-order valence-electron chi connectivity index (χ0n) is 11.2. The first-order valence-corrected chi connectivity index (χ1v) is 6.23. The number of rotatable bonds is 3. The third-order valence-corrected chi connectivity index (χ3v) is 4.17. The Hall–Kier alpha value is -0.120. The fourth-order valence-electron chi connectivity index (χ4n) is 2.66. The van der Waals surface area contributed by atoms with E-state index in [9.17, 15) is 5.11 Å². The first-order chi connectivity index (χ1) is 7.22. The van der Waals surface area contributed by atoms with Gasteiger partial charge in [0.1, 0.15) is 0 Å². The fourth-order valence-corrected chi connectivity index (χ4v) is 2.66. The van der Waals surface area contributed by atoms with E-state index in [4.69, 9.17) is 10.5 Å². The SMILES string of the molecule is COCC(C)(N)C1(O)CCCC(C)(C)CC1. The molecule has 0 aliphatic heterocycles. The molecule has 1 saturated carbocycles. The van der Waals surface area contributed by atoms with Gasteiger partial charge in [0.15, 0.2) is 0 Å². The van der Waals surface area contributed by atoms with Crippen LogP contribution in [0.3, 0.4) is 0 Å². The maximum Gasteiger partial charge on any atom is 0.0846 e. The van der Waals surface area contributed by atoms with Crippen LogP contribution >= 0.6 is 0 Å². The Morgan fingerprint density at radius 2 is 1.88 bits per heavy atom. The lowest BCUT2D eigenvalue weighted by molar-refractivity contribution is -0.0691. The molecule has 2 unspecified atom stereocenters. The van der Waals surface area contributed by atoms with E-state index in [1.807, 2.05) is 6.92 Å². The highest BCUT2D eigenvalue weighted by atomic mass is 16.5. The van der Waals surface area contributed by atoms with Gasteiger partial charge >= 0.3 is 0 Å². The number of hydrogen-bond acceptors (Lipinski definition) is 3. The van der Waals surface area contributed by atoms with Crippen LogP contribution in [0.4, 0.5) is 0 Å². The molecular formula is C13H27NO2. The molecule has 3 nitrogen and oxygen atoms in total. The molecule has 0 saturated heterocycles. The quantitative estimate of drug-likeness (QED) is 0.728. The van der Waals surface area contributed by atoms with Gasteiger partial charge in [0.2, 0.25) is 0 Å². The molecule has 1 rings (SSSR count). The number of hydrogen-bond donors (Lipinski definition) is 2. The van der Waals surface area contributed by atoms with Gasteiger partial charge in [-0.25, -0.2) is 0 Å². The van der Waals surface area contributed by atoms with Crippen LogP contribution in [-0.2, 0) is 4.74 Å². The zero-order valence-corrected chi connectivity index (χ0v) is 11.2. The van der Waals surface area contributed by atoms with Gasteiger partial charge < -0.3 is 15.6 Å². The molecule has 1 aliphatic carbocycles. The van der Waals surface area contributed by atoms with Gasteiger partial charge in [-0.1, -0.05) is 13.8 Å². The van der Waals surface area contributed by atoms with Crippen LogP contribution < -0.4 is 5.73 Å². The van der Waals surface area contributed by atoms with E-state index in [2.05, 4.69) is 13.8 Å². The van der Waals surface area contributed by atoms with Crippen molar-refractivity contribution in [2.45, 2.75) is 64.0 Å². The summed E-state index contributed by atoms with van der Waals surface area (Å²) in [5.74, 6) is 0. The summed E-state index contributed by atoms with van der Waals surface area (Å²) in [5.41, 5.74) is 5.11. The Labute approximate surface area is 99.4 Å². The van der Waals surface area contributed by atoms with Crippen molar-refractivity contribution in [3.63, 3.8) is 0 Å². The largest absolute Gasteiger partial charge is 0.388 e. The third-order valence-electron chi connectivity index (χ3n) is 4.17. The molecule has 0 radical (unpaired) electrons. The van der Waals surface area contributed by atoms with Gasteiger partial charge in [-0.05, 0) is 44.4 Å². The van der Waals surface area contributed by atoms with Crippen LogP contribution in [0.2, 0.25) is 0 Å². The third kappa shape index (κ3) is 2.96. The molecule has 1 fully saturated rings. The molecule has 0 bridgehead atoms. The van der Waals surface area contributed by atoms with Gasteiger partial charge in [-0.15, -0.1) is 0 Å².